The molecule has 5 heteroatoms. The molecule has 2 rings (SSSR count). The van der Waals surface area contributed by atoms with Gasteiger partial charge in [0.05, 0.1) is 11.0 Å². The van der Waals surface area contributed by atoms with Crippen LogP contribution in [-0.2, 0) is 0 Å². The first-order chi connectivity index (χ1) is 8.09. The van der Waals surface area contributed by atoms with Crippen LogP contribution in [0, 0.1) is 17.0 Å². The van der Waals surface area contributed by atoms with Crippen LogP contribution in [0.25, 0.3) is 0 Å². The van der Waals surface area contributed by atoms with Crippen molar-refractivity contribution in [1.82, 2.24) is 0 Å². The smallest absolute Gasteiger partial charge is 0.295 e. The standard InChI is InChI=1S/C12H16N2O3/c1-9-4-2-6-11(12(9)14(16)17)13-7-3-5-10(15)8-13/h2,4,6,10,15H,3,5,7-8H2,1H3. The Hall–Kier alpha value is -1.62. The van der Waals surface area contributed by atoms with Gasteiger partial charge in [-0.15, -0.1) is 0 Å². The van der Waals surface area contributed by atoms with Crippen LogP contribution in [0.3, 0.4) is 0 Å². The first-order valence-corrected chi connectivity index (χ1v) is 5.76. The van der Waals surface area contributed by atoms with Crippen molar-refractivity contribution >= 4 is 11.4 Å². The number of aliphatic hydroxyl groups excluding tert-OH is 1. The van der Waals surface area contributed by atoms with E-state index in [9.17, 15) is 15.2 Å². The molecule has 1 aliphatic heterocycles. The van der Waals surface area contributed by atoms with Gasteiger partial charge in [-0.1, -0.05) is 12.1 Å². The minimum Gasteiger partial charge on any atom is -0.391 e. The molecule has 0 aliphatic carbocycles. The summed E-state index contributed by atoms with van der Waals surface area (Å²) >= 11 is 0. The monoisotopic (exact) mass is 236 g/mol. The maximum atomic E-state index is 11.1. The zero-order chi connectivity index (χ0) is 12.4. The second-order valence-corrected chi connectivity index (χ2v) is 4.44. The molecule has 0 aromatic heterocycles. The molecule has 0 amide bonds. The largest absolute Gasteiger partial charge is 0.391 e. The van der Waals surface area contributed by atoms with Crippen LogP contribution in [0.5, 0.6) is 0 Å². The molecule has 1 aliphatic rings. The summed E-state index contributed by atoms with van der Waals surface area (Å²) < 4.78 is 0. The Balaban J connectivity index is 2.37. The number of benzene rings is 1. The number of aliphatic hydroxyl groups is 1. The summed E-state index contributed by atoms with van der Waals surface area (Å²) in [5.41, 5.74) is 1.43. The molecule has 92 valence electrons. The lowest BCUT2D eigenvalue weighted by Gasteiger charge is -2.31. The van der Waals surface area contributed by atoms with Crippen LogP contribution in [0.15, 0.2) is 18.2 Å². The minimum absolute atomic E-state index is 0.154. The quantitative estimate of drug-likeness (QED) is 0.628. The number of nitro benzene ring substituents is 1. The van der Waals surface area contributed by atoms with Crippen molar-refractivity contribution in [3.8, 4) is 0 Å². The minimum atomic E-state index is -0.385. The van der Waals surface area contributed by atoms with Gasteiger partial charge in [0.25, 0.3) is 5.69 Å². The third kappa shape index (κ3) is 2.39. The molecule has 1 atom stereocenters. The average molecular weight is 236 g/mol. The van der Waals surface area contributed by atoms with Gasteiger partial charge in [0, 0.05) is 18.7 Å². The van der Waals surface area contributed by atoms with Crippen molar-refractivity contribution in [2.24, 2.45) is 0 Å². The Morgan fingerprint density at radius 2 is 2.29 bits per heavy atom. The van der Waals surface area contributed by atoms with E-state index in [0.717, 1.165) is 19.4 Å². The molecule has 0 radical (unpaired) electrons. The number of β-amino-alcohol motifs (C(OH)–C–C–N with tert-alkyl or cyclic N) is 1. The van der Waals surface area contributed by atoms with Crippen LogP contribution in [0.1, 0.15) is 18.4 Å². The zero-order valence-corrected chi connectivity index (χ0v) is 9.80. The molecule has 1 N–H and O–H groups in total. The van der Waals surface area contributed by atoms with E-state index in [-0.39, 0.29) is 16.7 Å². The number of aryl methyl sites for hydroxylation is 1. The van der Waals surface area contributed by atoms with Crippen LogP contribution in [0.4, 0.5) is 11.4 Å². The predicted octanol–water partition coefficient (Wildman–Crippen LogP) is 1.86. The second-order valence-electron chi connectivity index (χ2n) is 4.44. The SMILES string of the molecule is Cc1cccc(N2CCCC(O)C2)c1[N+](=O)[O-]. The summed E-state index contributed by atoms with van der Waals surface area (Å²) in [6.45, 7) is 2.98. The predicted molar refractivity (Wildman–Crippen MR) is 65.3 cm³/mol. The Labute approximate surface area is 99.8 Å². The van der Waals surface area contributed by atoms with Crippen molar-refractivity contribution in [3.63, 3.8) is 0 Å². The highest BCUT2D eigenvalue weighted by atomic mass is 16.6. The van der Waals surface area contributed by atoms with Gasteiger partial charge in [-0.05, 0) is 25.8 Å². The number of nitro groups is 1. The van der Waals surface area contributed by atoms with Crippen LogP contribution in [0.2, 0.25) is 0 Å². The normalized spacial score (nSPS) is 20.4. The van der Waals surface area contributed by atoms with Crippen LogP contribution >= 0.6 is 0 Å². The fourth-order valence-electron chi connectivity index (χ4n) is 2.31. The molecule has 1 aromatic rings. The fraction of sp³-hybridized carbons (Fsp3) is 0.500. The van der Waals surface area contributed by atoms with E-state index in [1.54, 1.807) is 19.1 Å². The lowest BCUT2D eigenvalue weighted by molar-refractivity contribution is -0.384. The highest BCUT2D eigenvalue weighted by Gasteiger charge is 2.25. The van der Waals surface area contributed by atoms with Crippen molar-refractivity contribution < 1.29 is 10.0 Å². The average Bonchev–Trinajstić information content (AvgIpc) is 2.28. The molecular weight excluding hydrogens is 220 g/mol. The van der Waals surface area contributed by atoms with Crippen molar-refractivity contribution in [3.05, 3.63) is 33.9 Å². The molecule has 1 aromatic carbocycles. The van der Waals surface area contributed by atoms with E-state index < -0.39 is 0 Å². The van der Waals surface area contributed by atoms with Crippen LogP contribution in [-0.4, -0.2) is 29.2 Å². The van der Waals surface area contributed by atoms with Gasteiger partial charge in [0.2, 0.25) is 0 Å². The molecule has 5 nitrogen and oxygen atoms in total. The summed E-state index contributed by atoms with van der Waals surface area (Å²) in [6.07, 6.45) is 1.26. The topological polar surface area (TPSA) is 66.6 Å². The van der Waals surface area contributed by atoms with Crippen molar-refractivity contribution in [2.45, 2.75) is 25.9 Å². The van der Waals surface area contributed by atoms with E-state index in [2.05, 4.69) is 0 Å². The summed E-state index contributed by atoms with van der Waals surface area (Å²) in [7, 11) is 0. The Bertz CT molecular complexity index is 434. The van der Waals surface area contributed by atoms with Crippen molar-refractivity contribution in [1.29, 1.82) is 0 Å². The van der Waals surface area contributed by atoms with E-state index in [1.165, 1.54) is 0 Å². The molecule has 1 unspecified atom stereocenters. The van der Waals surface area contributed by atoms with Gasteiger partial charge in [0.1, 0.15) is 5.69 Å². The maximum Gasteiger partial charge on any atom is 0.295 e. The van der Waals surface area contributed by atoms with Gasteiger partial charge in [0.15, 0.2) is 0 Å². The van der Waals surface area contributed by atoms with E-state index in [4.69, 9.17) is 0 Å². The summed E-state index contributed by atoms with van der Waals surface area (Å²) in [5, 5.41) is 20.7. The van der Waals surface area contributed by atoms with E-state index in [1.807, 2.05) is 11.0 Å². The first kappa shape index (κ1) is 11.9. The molecule has 1 heterocycles. The number of piperidine rings is 1. The highest BCUT2D eigenvalue weighted by molar-refractivity contribution is 5.66. The Morgan fingerprint density at radius 1 is 1.53 bits per heavy atom. The van der Waals surface area contributed by atoms with Gasteiger partial charge in [-0.3, -0.25) is 10.1 Å². The third-order valence-corrected chi connectivity index (χ3v) is 3.14. The zero-order valence-electron chi connectivity index (χ0n) is 9.80. The highest BCUT2D eigenvalue weighted by Crippen LogP contribution is 2.32. The van der Waals surface area contributed by atoms with Gasteiger partial charge >= 0.3 is 0 Å². The third-order valence-electron chi connectivity index (χ3n) is 3.14. The summed E-state index contributed by atoms with van der Waals surface area (Å²) in [5.74, 6) is 0. The maximum absolute atomic E-state index is 11.1. The van der Waals surface area contributed by atoms with Gasteiger partial charge in [-0.25, -0.2) is 0 Å². The number of para-hydroxylation sites is 1. The van der Waals surface area contributed by atoms with Crippen molar-refractivity contribution in [2.75, 3.05) is 18.0 Å². The lowest BCUT2D eigenvalue weighted by atomic mass is 10.1. The number of anilines is 1. The molecule has 0 saturated carbocycles. The molecule has 0 bridgehead atoms. The number of hydrogen-bond donors (Lipinski definition) is 1. The van der Waals surface area contributed by atoms with E-state index >= 15 is 0 Å². The molecule has 17 heavy (non-hydrogen) atoms. The van der Waals surface area contributed by atoms with Gasteiger partial charge < -0.3 is 10.0 Å². The fourth-order valence-corrected chi connectivity index (χ4v) is 2.31. The lowest BCUT2D eigenvalue weighted by Crippen LogP contribution is -2.38. The first-order valence-electron chi connectivity index (χ1n) is 5.76. The molecular formula is C12H16N2O3. The molecule has 1 saturated heterocycles. The number of nitrogens with zero attached hydrogens (tertiary/aromatic N) is 2. The summed E-state index contributed by atoms with van der Waals surface area (Å²) in [6, 6.07) is 5.31. The second kappa shape index (κ2) is 4.71. The Morgan fingerprint density at radius 3 is 2.94 bits per heavy atom. The van der Waals surface area contributed by atoms with E-state index in [0.29, 0.717) is 17.8 Å². The molecule has 0 spiro atoms. The van der Waals surface area contributed by atoms with Gasteiger partial charge in [-0.2, -0.15) is 0 Å². The Kier molecular flexibility index (Phi) is 3.28. The van der Waals surface area contributed by atoms with Crippen LogP contribution < -0.4 is 4.90 Å². The number of rotatable bonds is 2. The number of hydrogen-bond acceptors (Lipinski definition) is 4. The summed E-state index contributed by atoms with van der Waals surface area (Å²) in [4.78, 5) is 12.6. The molecule has 1 fully saturated rings.